The van der Waals surface area contributed by atoms with E-state index in [1.807, 2.05) is 13.0 Å². The Morgan fingerprint density at radius 2 is 1.61 bits per heavy atom. The molecule has 2 heterocycles. The van der Waals surface area contributed by atoms with E-state index >= 15 is 0 Å². The smallest absolute Gasteiger partial charge is 0.341 e. The number of fused-ring (bicyclic) bond motifs is 1. The summed E-state index contributed by atoms with van der Waals surface area (Å²) in [6.45, 7) is 4.83. The summed E-state index contributed by atoms with van der Waals surface area (Å²) in [6, 6.07) is 10.9. The summed E-state index contributed by atoms with van der Waals surface area (Å²) in [7, 11) is -4.10. The largest absolute Gasteiger partial charge is 0.343 e. The van der Waals surface area contributed by atoms with Gasteiger partial charge in [0.25, 0.3) is 10.0 Å². The van der Waals surface area contributed by atoms with Gasteiger partial charge in [0, 0.05) is 13.1 Å². The molecule has 3 amide bonds. The minimum absolute atomic E-state index is 0.0261. The van der Waals surface area contributed by atoms with E-state index in [-0.39, 0.29) is 23.0 Å². The van der Waals surface area contributed by atoms with Gasteiger partial charge in [-0.25, -0.2) is 13.2 Å². The molecule has 4 rings (SSSR count). The SMILES string of the molecule is Cc1ccc(N2C(=O)N(CC(=O)N3CCCCCC3)c3ccccc3S2(=O)=O)c(C)c1. The minimum Gasteiger partial charge on any atom is -0.341 e. The van der Waals surface area contributed by atoms with Crippen molar-refractivity contribution in [3.8, 4) is 0 Å². The summed E-state index contributed by atoms with van der Waals surface area (Å²) in [5.41, 5.74) is 2.20. The average Bonchev–Trinajstić information content (AvgIpc) is 3.02. The van der Waals surface area contributed by atoms with Crippen LogP contribution in [0.4, 0.5) is 16.2 Å². The normalized spacial score (nSPS) is 18.5. The number of hydrogen-bond acceptors (Lipinski definition) is 4. The highest BCUT2D eigenvalue weighted by atomic mass is 32.2. The number of carbonyl (C=O) groups excluding carboxylic acids is 2. The first-order chi connectivity index (χ1) is 14.8. The standard InChI is InChI=1S/C23H27N3O4S/c1-17-11-12-19(18(2)15-17)26-23(28)25(16-22(27)24-13-7-3-4-8-14-24)20-9-5-6-10-21(20)31(26,29)30/h5-6,9-12,15H,3-4,7-8,13-14,16H2,1-2H3. The third kappa shape index (κ3) is 3.92. The van der Waals surface area contributed by atoms with E-state index in [4.69, 9.17) is 0 Å². The maximum atomic E-state index is 13.5. The fraction of sp³-hybridized carbons (Fsp3) is 0.391. The number of aryl methyl sites for hydroxylation is 2. The molecule has 2 aromatic rings. The molecule has 164 valence electrons. The molecule has 2 aliphatic heterocycles. The van der Waals surface area contributed by atoms with Crippen molar-refractivity contribution in [2.45, 2.75) is 44.4 Å². The lowest BCUT2D eigenvalue weighted by atomic mass is 10.1. The van der Waals surface area contributed by atoms with Gasteiger partial charge < -0.3 is 4.90 Å². The van der Waals surface area contributed by atoms with E-state index in [1.165, 1.54) is 11.0 Å². The molecule has 31 heavy (non-hydrogen) atoms. The zero-order valence-corrected chi connectivity index (χ0v) is 18.7. The lowest BCUT2D eigenvalue weighted by Gasteiger charge is -2.37. The van der Waals surface area contributed by atoms with Gasteiger partial charge >= 0.3 is 6.03 Å². The number of sulfonamides is 1. The molecule has 0 N–H and O–H groups in total. The molecule has 1 saturated heterocycles. The minimum atomic E-state index is -4.10. The van der Waals surface area contributed by atoms with E-state index in [9.17, 15) is 18.0 Å². The number of hydrogen-bond donors (Lipinski definition) is 0. The van der Waals surface area contributed by atoms with Crippen LogP contribution in [0.5, 0.6) is 0 Å². The number of amides is 3. The Bertz CT molecular complexity index is 1120. The Hall–Kier alpha value is -2.87. The molecule has 2 aromatic carbocycles. The highest BCUT2D eigenvalue weighted by molar-refractivity contribution is 7.94. The monoisotopic (exact) mass is 441 g/mol. The van der Waals surface area contributed by atoms with Crippen LogP contribution in [-0.4, -0.2) is 44.9 Å². The first-order valence-electron chi connectivity index (χ1n) is 10.6. The highest BCUT2D eigenvalue weighted by Crippen LogP contribution is 2.38. The molecule has 0 spiro atoms. The van der Waals surface area contributed by atoms with Crippen molar-refractivity contribution in [2.24, 2.45) is 0 Å². The van der Waals surface area contributed by atoms with E-state index in [0.717, 1.165) is 35.6 Å². The van der Waals surface area contributed by atoms with Crippen LogP contribution in [0, 0.1) is 13.8 Å². The van der Waals surface area contributed by atoms with Gasteiger partial charge in [-0.3, -0.25) is 9.69 Å². The van der Waals surface area contributed by atoms with Crippen molar-refractivity contribution < 1.29 is 18.0 Å². The fourth-order valence-corrected chi connectivity index (χ4v) is 5.94. The van der Waals surface area contributed by atoms with Crippen LogP contribution in [0.1, 0.15) is 36.8 Å². The first kappa shape index (κ1) is 21.4. The van der Waals surface area contributed by atoms with E-state index in [0.29, 0.717) is 24.3 Å². The molecule has 0 aliphatic carbocycles. The van der Waals surface area contributed by atoms with Gasteiger partial charge in [0.1, 0.15) is 11.4 Å². The quantitative estimate of drug-likeness (QED) is 0.725. The van der Waals surface area contributed by atoms with E-state index in [2.05, 4.69) is 0 Å². The summed E-state index contributed by atoms with van der Waals surface area (Å²) in [6.07, 6.45) is 4.07. The predicted octanol–water partition coefficient (Wildman–Crippen LogP) is 3.84. The van der Waals surface area contributed by atoms with Crippen molar-refractivity contribution in [1.82, 2.24) is 4.90 Å². The van der Waals surface area contributed by atoms with Crippen molar-refractivity contribution in [2.75, 3.05) is 28.8 Å². The zero-order chi connectivity index (χ0) is 22.2. The molecule has 8 heteroatoms. The number of benzene rings is 2. The predicted molar refractivity (Wildman–Crippen MR) is 120 cm³/mol. The fourth-order valence-electron chi connectivity index (χ4n) is 4.29. The van der Waals surface area contributed by atoms with Gasteiger partial charge in [-0.2, -0.15) is 4.31 Å². The van der Waals surface area contributed by atoms with Crippen LogP contribution in [0.2, 0.25) is 0 Å². The Labute approximate surface area is 183 Å². The lowest BCUT2D eigenvalue weighted by Crippen LogP contribution is -2.54. The van der Waals surface area contributed by atoms with Crippen molar-refractivity contribution in [1.29, 1.82) is 0 Å². The number of urea groups is 1. The average molecular weight is 442 g/mol. The van der Waals surface area contributed by atoms with Crippen LogP contribution in [0.15, 0.2) is 47.4 Å². The van der Waals surface area contributed by atoms with Gasteiger partial charge in [0.05, 0.1) is 11.4 Å². The topological polar surface area (TPSA) is 78.0 Å². The lowest BCUT2D eigenvalue weighted by molar-refractivity contribution is -0.129. The third-order valence-electron chi connectivity index (χ3n) is 5.90. The molecule has 0 saturated carbocycles. The summed E-state index contributed by atoms with van der Waals surface area (Å²) in [5.74, 6) is -0.162. The summed E-state index contributed by atoms with van der Waals surface area (Å²) >= 11 is 0. The second-order valence-corrected chi connectivity index (χ2v) is 9.95. The first-order valence-corrected chi connectivity index (χ1v) is 12.1. The van der Waals surface area contributed by atoms with Crippen molar-refractivity contribution in [3.63, 3.8) is 0 Å². The molecular formula is C23H27N3O4S. The van der Waals surface area contributed by atoms with Crippen LogP contribution in [-0.2, 0) is 14.8 Å². The Balaban J connectivity index is 1.76. The molecule has 0 unspecified atom stereocenters. The maximum absolute atomic E-state index is 13.5. The molecule has 2 aliphatic rings. The Morgan fingerprint density at radius 1 is 0.935 bits per heavy atom. The second kappa shape index (κ2) is 8.34. The number of rotatable bonds is 3. The van der Waals surface area contributed by atoms with Crippen LogP contribution in [0.3, 0.4) is 0 Å². The van der Waals surface area contributed by atoms with Crippen molar-refractivity contribution in [3.05, 3.63) is 53.6 Å². The number of carbonyl (C=O) groups is 2. The van der Waals surface area contributed by atoms with E-state index in [1.54, 1.807) is 42.2 Å². The summed E-state index contributed by atoms with van der Waals surface area (Å²) in [5, 5.41) is 0. The summed E-state index contributed by atoms with van der Waals surface area (Å²) in [4.78, 5) is 29.7. The zero-order valence-electron chi connectivity index (χ0n) is 17.9. The van der Waals surface area contributed by atoms with Gasteiger partial charge in [-0.1, -0.05) is 42.7 Å². The molecule has 0 radical (unpaired) electrons. The van der Waals surface area contributed by atoms with Crippen molar-refractivity contribution >= 4 is 33.3 Å². The van der Waals surface area contributed by atoms with Crippen LogP contribution in [0.25, 0.3) is 0 Å². The highest BCUT2D eigenvalue weighted by Gasteiger charge is 2.43. The number of nitrogens with zero attached hydrogens (tertiary/aromatic N) is 3. The molecule has 0 aromatic heterocycles. The van der Waals surface area contributed by atoms with Crippen LogP contribution < -0.4 is 9.21 Å². The second-order valence-electron chi connectivity index (χ2n) is 8.19. The van der Waals surface area contributed by atoms with Gasteiger partial charge in [-0.15, -0.1) is 0 Å². The Morgan fingerprint density at radius 3 is 2.29 bits per heavy atom. The molecule has 7 nitrogen and oxygen atoms in total. The van der Waals surface area contributed by atoms with Gasteiger partial charge in [0.15, 0.2) is 0 Å². The van der Waals surface area contributed by atoms with Gasteiger partial charge in [-0.05, 0) is 50.5 Å². The summed E-state index contributed by atoms with van der Waals surface area (Å²) < 4.78 is 27.7. The number of likely N-dealkylation sites (tertiary alicyclic amines) is 1. The molecular weight excluding hydrogens is 414 g/mol. The van der Waals surface area contributed by atoms with Gasteiger partial charge in [0.2, 0.25) is 5.91 Å². The van der Waals surface area contributed by atoms with Crippen LogP contribution >= 0.6 is 0 Å². The molecule has 0 atom stereocenters. The van der Waals surface area contributed by atoms with E-state index < -0.39 is 16.1 Å². The number of anilines is 2. The third-order valence-corrected chi connectivity index (χ3v) is 7.64. The maximum Gasteiger partial charge on any atom is 0.343 e. The molecule has 1 fully saturated rings. The Kier molecular flexibility index (Phi) is 5.75. The number of para-hydroxylation sites is 1. The molecule has 0 bridgehead atoms.